The topological polar surface area (TPSA) is 40.5 Å². The molecule has 0 heterocycles. The van der Waals surface area contributed by atoms with Gasteiger partial charge in [0.05, 0.1) is 6.10 Å². The zero-order valence-electron chi connectivity index (χ0n) is 7.58. The minimum Gasteiger partial charge on any atom is -0.397 e. The molecule has 1 aliphatic carbocycles. The van der Waals surface area contributed by atoms with E-state index in [0.717, 1.165) is 6.42 Å². The zero-order valence-corrected chi connectivity index (χ0v) is 7.58. The van der Waals surface area contributed by atoms with Crippen LogP contribution < -0.4 is 0 Å². The lowest BCUT2D eigenvalue weighted by Gasteiger charge is -2.23. The first-order chi connectivity index (χ1) is 5.22. The van der Waals surface area contributed by atoms with E-state index in [1.165, 1.54) is 19.3 Å². The fourth-order valence-corrected chi connectivity index (χ4v) is 1.30. The Morgan fingerprint density at radius 2 is 1.73 bits per heavy atom. The van der Waals surface area contributed by atoms with E-state index >= 15 is 0 Å². The van der Waals surface area contributed by atoms with Crippen molar-refractivity contribution in [1.29, 1.82) is 0 Å². The van der Waals surface area contributed by atoms with Gasteiger partial charge in [-0.1, -0.05) is 19.8 Å². The Morgan fingerprint density at radius 3 is 2.00 bits per heavy atom. The van der Waals surface area contributed by atoms with E-state index < -0.39 is 0 Å². The average molecular weight is 160 g/mol. The predicted octanol–water partition coefficient (Wildman–Crippen LogP) is 1.56. The summed E-state index contributed by atoms with van der Waals surface area (Å²) < 4.78 is 0. The van der Waals surface area contributed by atoms with Gasteiger partial charge in [-0.05, 0) is 25.7 Å². The third kappa shape index (κ3) is 5.22. The Kier molecular flexibility index (Phi) is 6.57. The Morgan fingerprint density at radius 1 is 1.27 bits per heavy atom. The first kappa shape index (κ1) is 10.9. The summed E-state index contributed by atoms with van der Waals surface area (Å²) in [4.78, 5) is 0. The molecule has 0 aliphatic heterocycles. The minimum absolute atomic E-state index is 0.00347. The van der Waals surface area contributed by atoms with Crippen LogP contribution in [0.1, 0.15) is 39.5 Å². The highest BCUT2D eigenvalue weighted by Crippen LogP contribution is 2.22. The molecular weight excluding hydrogens is 140 g/mol. The van der Waals surface area contributed by atoms with E-state index in [1.54, 1.807) is 6.92 Å². The van der Waals surface area contributed by atoms with Crippen LogP contribution in [0.2, 0.25) is 0 Å². The van der Waals surface area contributed by atoms with Crippen LogP contribution in [0.3, 0.4) is 0 Å². The second-order valence-electron chi connectivity index (χ2n) is 3.15. The quantitative estimate of drug-likeness (QED) is 0.564. The van der Waals surface area contributed by atoms with Crippen molar-refractivity contribution >= 4 is 0 Å². The van der Waals surface area contributed by atoms with Crippen LogP contribution in [0.15, 0.2) is 0 Å². The second kappa shape index (κ2) is 6.62. The van der Waals surface area contributed by atoms with Crippen molar-refractivity contribution in [3.05, 3.63) is 0 Å². The fraction of sp³-hybridized carbons (Fsp3) is 1.00. The van der Waals surface area contributed by atoms with Gasteiger partial charge in [-0.3, -0.25) is 0 Å². The summed E-state index contributed by atoms with van der Waals surface area (Å²) in [6, 6.07) is 0. The van der Waals surface area contributed by atoms with Gasteiger partial charge in [0.15, 0.2) is 0 Å². The molecule has 1 saturated carbocycles. The molecule has 0 aromatic heterocycles. The molecule has 0 aromatic carbocycles. The maximum Gasteiger partial charge on any atom is 0.0565 e. The highest BCUT2D eigenvalue weighted by atomic mass is 16.3. The van der Waals surface area contributed by atoms with Crippen LogP contribution in [-0.2, 0) is 0 Å². The van der Waals surface area contributed by atoms with E-state index in [1.807, 2.05) is 0 Å². The molecule has 0 radical (unpaired) electrons. The number of rotatable bonds is 0. The summed E-state index contributed by atoms with van der Waals surface area (Å²) in [6.07, 6.45) is 4.80. The van der Waals surface area contributed by atoms with Gasteiger partial charge in [0.1, 0.15) is 0 Å². The molecule has 1 fully saturated rings. The molecule has 0 spiro atoms. The first-order valence-electron chi connectivity index (χ1n) is 4.51. The van der Waals surface area contributed by atoms with Gasteiger partial charge in [-0.25, -0.2) is 0 Å². The minimum atomic E-state index is 0.00347. The van der Waals surface area contributed by atoms with Crippen molar-refractivity contribution in [2.75, 3.05) is 6.61 Å². The molecule has 68 valence electrons. The smallest absolute Gasteiger partial charge is 0.0565 e. The van der Waals surface area contributed by atoms with Crippen molar-refractivity contribution < 1.29 is 10.2 Å². The molecule has 0 bridgehead atoms. The Labute approximate surface area is 69.2 Å². The molecule has 2 heteroatoms. The van der Waals surface area contributed by atoms with Gasteiger partial charge < -0.3 is 10.2 Å². The molecule has 2 atom stereocenters. The van der Waals surface area contributed by atoms with Crippen molar-refractivity contribution in [1.82, 2.24) is 0 Å². The average Bonchev–Trinajstić information content (AvgIpc) is 1.97. The molecule has 1 rings (SSSR count). The van der Waals surface area contributed by atoms with Gasteiger partial charge in [0.2, 0.25) is 0 Å². The molecule has 2 nitrogen and oxygen atoms in total. The van der Waals surface area contributed by atoms with Gasteiger partial charge in [-0.2, -0.15) is 0 Å². The maximum absolute atomic E-state index is 9.18. The highest BCUT2D eigenvalue weighted by molar-refractivity contribution is 4.69. The number of aliphatic hydroxyl groups is 2. The molecule has 2 N–H and O–H groups in total. The number of aliphatic hydroxyl groups excluding tert-OH is 2. The van der Waals surface area contributed by atoms with Crippen LogP contribution in [-0.4, -0.2) is 22.9 Å². The summed E-state index contributed by atoms with van der Waals surface area (Å²) >= 11 is 0. The van der Waals surface area contributed by atoms with Crippen LogP contribution in [0.5, 0.6) is 0 Å². The van der Waals surface area contributed by atoms with E-state index in [2.05, 4.69) is 6.92 Å². The Hall–Kier alpha value is -0.0800. The monoisotopic (exact) mass is 160 g/mol. The van der Waals surface area contributed by atoms with Gasteiger partial charge in [0, 0.05) is 6.61 Å². The van der Waals surface area contributed by atoms with E-state index in [4.69, 9.17) is 5.11 Å². The summed E-state index contributed by atoms with van der Waals surface area (Å²) in [5, 5.41) is 16.7. The Bertz CT molecular complexity index is 73.6. The van der Waals surface area contributed by atoms with Crippen molar-refractivity contribution in [3.63, 3.8) is 0 Å². The SMILES string of the molecule is CCO.C[C@H]1CCCC[C@@H]1O. The molecule has 0 saturated heterocycles. The molecule has 0 amide bonds. The molecular formula is C9H20O2. The van der Waals surface area contributed by atoms with E-state index in [0.29, 0.717) is 5.92 Å². The second-order valence-corrected chi connectivity index (χ2v) is 3.15. The van der Waals surface area contributed by atoms with Gasteiger partial charge >= 0.3 is 0 Å². The molecule has 0 aromatic rings. The van der Waals surface area contributed by atoms with Crippen molar-refractivity contribution in [3.8, 4) is 0 Å². The standard InChI is InChI=1S/C7H14O.C2H6O/c1-6-4-2-3-5-7(6)8;1-2-3/h6-8H,2-5H2,1H3;3H,2H2,1H3/t6-,7-;/m0./s1. The summed E-state index contributed by atoms with van der Waals surface area (Å²) in [5.41, 5.74) is 0. The largest absolute Gasteiger partial charge is 0.397 e. The van der Waals surface area contributed by atoms with Gasteiger partial charge in [-0.15, -0.1) is 0 Å². The highest BCUT2D eigenvalue weighted by Gasteiger charge is 2.17. The van der Waals surface area contributed by atoms with Gasteiger partial charge in [0.25, 0.3) is 0 Å². The van der Waals surface area contributed by atoms with E-state index in [-0.39, 0.29) is 12.7 Å². The van der Waals surface area contributed by atoms with Crippen molar-refractivity contribution in [2.24, 2.45) is 5.92 Å². The summed E-state index contributed by atoms with van der Waals surface area (Å²) in [5.74, 6) is 0.559. The third-order valence-electron chi connectivity index (χ3n) is 2.07. The summed E-state index contributed by atoms with van der Waals surface area (Å²) in [6.45, 7) is 4.06. The zero-order chi connectivity index (χ0) is 8.69. The number of hydrogen-bond acceptors (Lipinski definition) is 2. The summed E-state index contributed by atoms with van der Waals surface area (Å²) in [7, 11) is 0. The molecule has 0 unspecified atom stereocenters. The van der Waals surface area contributed by atoms with Crippen molar-refractivity contribution in [2.45, 2.75) is 45.6 Å². The number of hydrogen-bond donors (Lipinski definition) is 2. The lowest BCUT2D eigenvalue weighted by Crippen LogP contribution is -2.21. The van der Waals surface area contributed by atoms with Crippen LogP contribution in [0.25, 0.3) is 0 Å². The fourth-order valence-electron chi connectivity index (χ4n) is 1.30. The Balaban J connectivity index is 0.000000292. The van der Waals surface area contributed by atoms with Crippen LogP contribution in [0, 0.1) is 5.92 Å². The lowest BCUT2D eigenvalue weighted by molar-refractivity contribution is 0.0793. The molecule has 1 aliphatic rings. The maximum atomic E-state index is 9.18. The van der Waals surface area contributed by atoms with Crippen LogP contribution >= 0.6 is 0 Å². The van der Waals surface area contributed by atoms with E-state index in [9.17, 15) is 5.11 Å². The molecule has 11 heavy (non-hydrogen) atoms. The first-order valence-corrected chi connectivity index (χ1v) is 4.51. The lowest BCUT2D eigenvalue weighted by atomic mass is 9.88. The van der Waals surface area contributed by atoms with Crippen LogP contribution in [0.4, 0.5) is 0 Å². The normalized spacial score (nSPS) is 30.5. The third-order valence-corrected chi connectivity index (χ3v) is 2.07. The predicted molar refractivity (Wildman–Crippen MR) is 46.4 cm³/mol.